The van der Waals surface area contributed by atoms with Gasteiger partial charge in [-0.25, -0.2) is 4.79 Å². The van der Waals surface area contributed by atoms with E-state index in [1.165, 1.54) is 19.2 Å². The van der Waals surface area contributed by atoms with Crippen LogP contribution < -0.4 is 5.73 Å². The summed E-state index contributed by atoms with van der Waals surface area (Å²) in [5, 5.41) is 0. The number of nitrogens with two attached hydrogens (primary N) is 1. The summed E-state index contributed by atoms with van der Waals surface area (Å²) in [7, 11) is 1.22. The summed E-state index contributed by atoms with van der Waals surface area (Å²) in [6.07, 6.45) is 0. The topological polar surface area (TPSA) is 82.5 Å². The van der Waals surface area contributed by atoms with E-state index in [1.807, 2.05) is 0 Å². The van der Waals surface area contributed by atoms with Crippen molar-refractivity contribution in [3.8, 4) is 0 Å². The van der Waals surface area contributed by atoms with E-state index in [-0.39, 0.29) is 11.5 Å². The van der Waals surface area contributed by atoms with E-state index in [0.717, 1.165) is 0 Å². The normalized spacial score (nSPS) is 9.42. The number of hydrogen-bond donors (Lipinski definition) is 1. The van der Waals surface area contributed by atoms with Gasteiger partial charge in [0.2, 0.25) is 5.76 Å². The van der Waals surface area contributed by atoms with Crippen LogP contribution in [-0.2, 0) is 4.74 Å². The second-order valence-corrected chi connectivity index (χ2v) is 2.02. The van der Waals surface area contributed by atoms with Gasteiger partial charge in [-0.2, -0.15) is 0 Å². The molecule has 0 atom stereocenters. The molecule has 12 heavy (non-hydrogen) atoms. The van der Waals surface area contributed by atoms with Crippen molar-refractivity contribution in [1.82, 2.24) is 0 Å². The van der Waals surface area contributed by atoms with Gasteiger partial charge in [0, 0.05) is 0 Å². The molecular formula is C7H7NO4. The van der Waals surface area contributed by atoms with Crippen molar-refractivity contribution in [2.45, 2.75) is 0 Å². The number of amides is 1. The third-order valence-electron chi connectivity index (χ3n) is 1.24. The highest BCUT2D eigenvalue weighted by atomic mass is 16.5. The van der Waals surface area contributed by atoms with Crippen molar-refractivity contribution < 1.29 is 18.7 Å². The first-order chi connectivity index (χ1) is 5.65. The average molecular weight is 169 g/mol. The number of carbonyl (C=O) groups is 2. The molecule has 0 aliphatic rings. The maximum absolute atomic E-state index is 10.8. The molecule has 0 aromatic carbocycles. The van der Waals surface area contributed by atoms with Crippen LogP contribution in [0.3, 0.4) is 0 Å². The molecule has 0 spiro atoms. The number of ether oxygens (including phenoxy) is 1. The van der Waals surface area contributed by atoms with E-state index in [2.05, 4.69) is 4.74 Å². The van der Waals surface area contributed by atoms with Crippen molar-refractivity contribution in [3.63, 3.8) is 0 Å². The largest absolute Gasteiger partial charge is 0.463 e. The van der Waals surface area contributed by atoms with Gasteiger partial charge in [0.1, 0.15) is 0 Å². The van der Waals surface area contributed by atoms with Gasteiger partial charge in [0.15, 0.2) is 5.76 Å². The van der Waals surface area contributed by atoms with Crippen LogP contribution in [0.2, 0.25) is 0 Å². The molecule has 0 unspecified atom stereocenters. The first-order valence-electron chi connectivity index (χ1n) is 3.13. The van der Waals surface area contributed by atoms with E-state index in [0.29, 0.717) is 0 Å². The summed E-state index contributed by atoms with van der Waals surface area (Å²) < 4.78 is 9.09. The smallest absolute Gasteiger partial charge is 0.373 e. The Bertz CT molecular complexity index is 315. The minimum Gasteiger partial charge on any atom is -0.463 e. The molecule has 1 rings (SSSR count). The molecule has 0 radical (unpaired) electrons. The molecule has 0 aliphatic carbocycles. The van der Waals surface area contributed by atoms with Crippen LogP contribution >= 0.6 is 0 Å². The van der Waals surface area contributed by atoms with Crippen molar-refractivity contribution in [1.29, 1.82) is 0 Å². The van der Waals surface area contributed by atoms with Crippen LogP contribution in [0.15, 0.2) is 16.5 Å². The summed E-state index contributed by atoms with van der Waals surface area (Å²) in [6.45, 7) is 0. The Kier molecular flexibility index (Phi) is 2.14. The van der Waals surface area contributed by atoms with Crippen molar-refractivity contribution in [2.75, 3.05) is 7.11 Å². The highest BCUT2D eigenvalue weighted by molar-refractivity contribution is 5.92. The van der Waals surface area contributed by atoms with Crippen LogP contribution in [0.5, 0.6) is 0 Å². The van der Waals surface area contributed by atoms with E-state index >= 15 is 0 Å². The van der Waals surface area contributed by atoms with Crippen molar-refractivity contribution >= 4 is 11.9 Å². The number of methoxy groups -OCH3 is 1. The third kappa shape index (κ3) is 1.45. The van der Waals surface area contributed by atoms with E-state index in [4.69, 9.17) is 10.2 Å². The summed E-state index contributed by atoms with van der Waals surface area (Å²) >= 11 is 0. The van der Waals surface area contributed by atoms with E-state index < -0.39 is 11.9 Å². The fourth-order valence-electron chi connectivity index (χ4n) is 0.681. The van der Waals surface area contributed by atoms with Crippen LogP contribution in [0.25, 0.3) is 0 Å². The molecule has 64 valence electrons. The lowest BCUT2D eigenvalue weighted by Gasteiger charge is -1.91. The monoisotopic (exact) mass is 169 g/mol. The van der Waals surface area contributed by atoms with Crippen molar-refractivity contribution in [2.24, 2.45) is 5.73 Å². The van der Waals surface area contributed by atoms with Crippen LogP contribution in [0.1, 0.15) is 21.1 Å². The van der Waals surface area contributed by atoms with Gasteiger partial charge in [-0.05, 0) is 12.1 Å². The number of furan rings is 1. The number of primary amides is 1. The van der Waals surface area contributed by atoms with Gasteiger partial charge >= 0.3 is 5.97 Å². The molecular weight excluding hydrogens is 162 g/mol. The molecule has 0 bridgehead atoms. The summed E-state index contributed by atoms with van der Waals surface area (Å²) in [5.74, 6) is -1.45. The molecule has 1 aromatic heterocycles. The van der Waals surface area contributed by atoms with Gasteiger partial charge < -0.3 is 14.9 Å². The maximum Gasteiger partial charge on any atom is 0.373 e. The van der Waals surface area contributed by atoms with Gasteiger partial charge in [-0.1, -0.05) is 0 Å². The van der Waals surface area contributed by atoms with Crippen LogP contribution in [0, 0.1) is 0 Å². The average Bonchev–Trinajstić information content (AvgIpc) is 2.51. The minimum atomic E-state index is -0.717. The molecule has 2 N–H and O–H groups in total. The summed E-state index contributed by atoms with van der Waals surface area (Å²) in [6, 6.07) is 2.64. The zero-order chi connectivity index (χ0) is 9.14. The van der Waals surface area contributed by atoms with Crippen LogP contribution in [-0.4, -0.2) is 19.0 Å². The zero-order valence-electron chi connectivity index (χ0n) is 6.37. The maximum atomic E-state index is 10.8. The first-order valence-corrected chi connectivity index (χ1v) is 3.13. The number of hydrogen-bond acceptors (Lipinski definition) is 4. The Morgan fingerprint density at radius 2 is 2.00 bits per heavy atom. The number of esters is 1. The molecule has 0 fully saturated rings. The number of carbonyl (C=O) groups excluding carboxylic acids is 2. The Morgan fingerprint density at radius 3 is 2.42 bits per heavy atom. The predicted octanol–water partition coefficient (Wildman–Crippen LogP) is 0.165. The Hall–Kier alpha value is -1.78. The lowest BCUT2D eigenvalue weighted by atomic mass is 10.4. The fraction of sp³-hybridized carbons (Fsp3) is 0.143. The van der Waals surface area contributed by atoms with E-state index in [9.17, 15) is 9.59 Å². The lowest BCUT2D eigenvalue weighted by molar-refractivity contribution is 0.0563. The quantitative estimate of drug-likeness (QED) is 0.639. The van der Waals surface area contributed by atoms with Gasteiger partial charge in [-0.3, -0.25) is 4.79 Å². The fourth-order valence-corrected chi connectivity index (χ4v) is 0.681. The predicted molar refractivity (Wildman–Crippen MR) is 38.6 cm³/mol. The Labute approximate surface area is 68.1 Å². The summed E-state index contributed by atoms with van der Waals surface area (Å²) in [5.41, 5.74) is 4.88. The Morgan fingerprint density at radius 1 is 1.42 bits per heavy atom. The molecule has 0 saturated heterocycles. The zero-order valence-corrected chi connectivity index (χ0v) is 6.37. The molecule has 1 aromatic rings. The first kappa shape index (κ1) is 8.32. The van der Waals surface area contributed by atoms with Gasteiger partial charge in [0.25, 0.3) is 5.91 Å². The van der Waals surface area contributed by atoms with Crippen molar-refractivity contribution in [3.05, 3.63) is 23.7 Å². The standard InChI is InChI=1S/C7H7NO4/c1-11-7(10)5-3-2-4(12-5)6(8)9/h2-3H,1H3,(H2,8,9). The molecule has 1 amide bonds. The molecule has 0 saturated carbocycles. The van der Waals surface area contributed by atoms with E-state index in [1.54, 1.807) is 0 Å². The SMILES string of the molecule is COC(=O)c1ccc(C(N)=O)o1. The Balaban J connectivity index is 2.91. The third-order valence-corrected chi connectivity index (χ3v) is 1.24. The second kappa shape index (κ2) is 3.08. The van der Waals surface area contributed by atoms with Gasteiger partial charge in [-0.15, -0.1) is 0 Å². The minimum absolute atomic E-state index is 0.0358. The molecule has 5 heteroatoms. The lowest BCUT2D eigenvalue weighted by Crippen LogP contribution is -2.09. The second-order valence-electron chi connectivity index (χ2n) is 2.02. The summed E-state index contributed by atoms with van der Waals surface area (Å²) in [4.78, 5) is 21.3. The highest BCUT2D eigenvalue weighted by Gasteiger charge is 2.13. The molecule has 5 nitrogen and oxygen atoms in total. The van der Waals surface area contributed by atoms with Crippen LogP contribution in [0.4, 0.5) is 0 Å². The molecule has 0 aliphatic heterocycles. The number of rotatable bonds is 2. The molecule has 1 heterocycles. The van der Waals surface area contributed by atoms with Gasteiger partial charge in [0.05, 0.1) is 7.11 Å². The highest BCUT2D eigenvalue weighted by Crippen LogP contribution is 2.07.